The number of benzene rings is 9. The average Bonchev–Trinajstić information content (AvgIpc) is 3.57. The first kappa shape index (κ1) is 35.2. The summed E-state index contributed by atoms with van der Waals surface area (Å²) in [4.78, 5) is 2.34. The van der Waals surface area contributed by atoms with Crippen molar-refractivity contribution in [3.8, 4) is 44.5 Å². The van der Waals surface area contributed by atoms with Crippen LogP contribution in [0.5, 0.6) is 0 Å². The fraction of sp³-hybridized carbons (Fsp3) is 0.0526. The van der Waals surface area contributed by atoms with Crippen molar-refractivity contribution >= 4 is 39.5 Å². The van der Waals surface area contributed by atoms with E-state index in [1.165, 1.54) is 77.5 Å². The summed E-state index contributed by atoms with van der Waals surface area (Å²) < 4.78 is 0. The maximum atomic E-state index is 2.36. The number of rotatable bonds is 8. The van der Waals surface area contributed by atoms with Gasteiger partial charge in [-0.05, 0) is 126 Å². The quantitative estimate of drug-likeness (QED) is 0.150. The van der Waals surface area contributed by atoms with Gasteiger partial charge < -0.3 is 4.90 Å². The molecule has 0 aromatic heterocycles. The molecule has 1 heteroatoms. The van der Waals surface area contributed by atoms with Crippen molar-refractivity contribution < 1.29 is 0 Å². The van der Waals surface area contributed by atoms with E-state index in [0.29, 0.717) is 0 Å². The van der Waals surface area contributed by atoms with E-state index in [2.05, 4.69) is 243 Å². The lowest BCUT2D eigenvalue weighted by molar-refractivity contribution is 0.704. The first-order valence-corrected chi connectivity index (χ1v) is 20.2. The molecule has 0 fully saturated rings. The van der Waals surface area contributed by atoms with Crippen LogP contribution in [0.4, 0.5) is 17.1 Å². The molecule has 0 N–H and O–H groups in total. The van der Waals surface area contributed by atoms with Crippen molar-refractivity contribution in [1.29, 1.82) is 0 Å². The van der Waals surface area contributed by atoms with Crippen molar-refractivity contribution in [2.24, 2.45) is 0 Å². The Morgan fingerprint density at radius 3 is 1.21 bits per heavy atom. The van der Waals surface area contributed by atoms with Gasteiger partial charge in [0.05, 0.1) is 0 Å². The summed E-state index contributed by atoms with van der Waals surface area (Å²) in [6, 6.07) is 79.4. The van der Waals surface area contributed by atoms with Crippen LogP contribution in [0.15, 0.2) is 218 Å². The number of allylic oxidation sites excluding steroid dienone is 1. The lowest BCUT2D eigenvalue weighted by Gasteiger charge is -2.26. The topological polar surface area (TPSA) is 3.24 Å². The Labute approximate surface area is 341 Å². The van der Waals surface area contributed by atoms with Gasteiger partial charge in [0.25, 0.3) is 0 Å². The SMILES string of the molecule is CC1(C)C(c2ccc(-c3ccc(-c4ccc(N(c5ccc(-c6ccccc6)cc5)c5ccc(-c6ccc7ccccc7c6)cc5)cc4)cc3)cc2)=Cc2ccccc21. The number of nitrogens with zero attached hydrogens (tertiary/aromatic N) is 1. The molecule has 58 heavy (non-hydrogen) atoms. The summed E-state index contributed by atoms with van der Waals surface area (Å²) in [5, 5.41) is 2.51. The van der Waals surface area contributed by atoms with Crippen LogP contribution in [0.3, 0.4) is 0 Å². The Balaban J connectivity index is 0.917. The van der Waals surface area contributed by atoms with Crippen molar-refractivity contribution in [3.63, 3.8) is 0 Å². The largest absolute Gasteiger partial charge is 0.311 e. The predicted molar refractivity (Wildman–Crippen MR) is 248 cm³/mol. The van der Waals surface area contributed by atoms with Gasteiger partial charge in [0.1, 0.15) is 0 Å². The molecule has 0 spiro atoms. The summed E-state index contributed by atoms with van der Waals surface area (Å²) in [6.07, 6.45) is 2.36. The molecule has 0 atom stereocenters. The Morgan fingerprint density at radius 1 is 0.310 bits per heavy atom. The molecule has 1 aliphatic carbocycles. The Bertz CT molecular complexity index is 2900. The fourth-order valence-corrected chi connectivity index (χ4v) is 8.67. The molecule has 0 bridgehead atoms. The number of hydrogen-bond acceptors (Lipinski definition) is 1. The summed E-state index contributed by atoms with van der Waals surface area (Å²) >= 11 is 0. The van der Waals surface area contributed by atoms with Gasteiger partial charge >= 0.3 is 0 Å². The second kappa shape index (κ2) is 14.7. The molecule has 0 unspecified atom stereocenters. The predicted octanol–water partition coefficient (Wildman–Crippen LogP) is 15.8. The molecule has 0 heterocycles. The number of anilines is 3. The first-order valence-electron chi connectivity index (χ1n) is 20.2. The minimum absolute atomic E-state index is 0.0115. The maximum Gasteiger partial charge on any atom is 0.0462 e. The zero-order valence-electron chi connectivity index (χ0n) is 32.8. The third kappa shape index (κ3) is 6.61. The molecule has 276 valence electrons. The fourth-order valence-electron chi connectivity index (χ4n) is 8.67. The van der Waals surface area contributed by atoms with E-state index >= 15 is 0 Å². The molecule has 1 aliphatic rings. The highest BCUT2D eigenvalue weighted by molar-refractivity contribution is 5.94. The highest BCUT2D eigenvalue weighted by atomic mass is 15.1. The summed E-state index contributed by atoms with van der Waals surface area (Å²) in [7, 11) is 0. The van der Waals surface area contributed by atoms with E-state index < -0.39 is 0 Å². The first-order chi connectivity index (χ1) is 28.5. The molecule has 0 amide bonds. The second-order valence-corrected chi connectivity index (χ2v) is 15.8. The van der Waals surface area contributed by atoms with Crippen molar-refractivity contribution in [2.45, 2.75) is 19.3 Å². The summed E-state index contributed by atoms with van der Waals surface area (Å²) in [5.74, 6) is 0. The van der Waals surface area contributed by atoms with E-state index in [-0.39, 0.29) is 5.41 Å². The Hall–Kier alpha value is -7.22. The molecule has 0 radical (unpaired) electrons. The van der Waals surface area contributed by atoms with Crippen molar-refractivity contribution in [1.82, 2.24) is 0 Å². The molecule has 9 aromatic carbocycles. The lowest BCUT2D eigenvalue weighted by atomic mass is 9.78. The van der Waals surface area contributed by atoms with Gasteiger partial charge in [-0.15, -0.1) is 0 Å². The Kier molecular flexibility index (Phi) is 8.92. The smallest absolute Gasteiger partial charge is 0.0462 e. The molecular weight excluding hydrogens is 699 g/mol. The van der Waals surface area contributed by atoms with Gasteiger partial charge in [0.15, 0.2) is 0 Å². The van der Waals surface area contributed by atoms with Crippen LogP contribution in [0.25, 0.3) is 66.9 Å². The molecular formula is C57H43N. The average molecular weight is 742 g/mol. The zero-order chi connectivity index (χ0) is 39.1. The highest BCUT2D eigenvalue weighted by Gasteiger charge is 2.33. The highest BCUT2D eigenvalue weighted by Crippen LogP contribution is 2.46. The molecule has 0 aliphatic heterocycles. The molecule has 0 saturated heterocycles. The minimum atomic E-state index is -0.0115. The van der Waals surface area contributed by atoms with Gasteiger partial charge in [0, 0.05) is 22.5 Å². The third-order valence-corrected chi connectivity index (χ3v) is 11.9. The number of hydrogen-bond donors (Lipinski definition) is 0. The van der Waals surface area contributed by atoms with E-state index in [1.54, 1.807) is 0 Å². The van der Waals surface area contributed by atoms with Crippen LogP contribution in [-0.2, 0) is 5.41 Å². The van der Waals surface area contributed by atoms with Crippen LogP contribution in [0.1, 0.15) is 30.5 Å². The summed E-state index contributed by atoms with van der Waals surface area (Å²) in [6.45, 7) is 4.66. The van der Waals surface area contributed by atoms with E-state index in [9.17, 15) is 0 Å². The normalized spacial score (nSPS) is 12.9. The minimum Gasteiger partial charge on any atom is -0.311 e. The monoisotopic (exact) mass is 741 g/mol. The van der Waals surface area contributed by atoms with Gasteiger partial charge in [-0.3, -0.25) is 0 Å². The van der Waals surface area contributed by atoms with Crippen LogP contribution >= 0.6 is 0 Å². The van der Waals surface area contributed by atoms with E-state index in [4.69, 9.17) is 0 Å². The maximum absolute atomic E-state index is 2.36. The second-order valence-electron chi connectivity index (χ2n) is 15.8. The van der Waals surface area contributed by atoms with Gasteiger partial charge in [-0.1, -0.05) is 190 Å². The van der Waals surface area contributed by atoms with Crippen LogP contribution < -0.4 is 4.90 Å². The van der Waals surface area contributed by atoms with Crippen LogP contribution in [0, 0.1) is 0 Å². The van der Waals surface area contributed by atoms with E-state index in [0.717, 1.165) is 17.1 Å². The third-order valence-electron chi connectivity index (χ3n) is 11.9. The van der Waals surface area contributed by atoms with Crippen LogP contribution in [0.2, 0.25) is 0 Å². The Morgan fingerprint density at radius 2 is 0.690 bits per heavy atom. The van der Waals surface area contributed by atoms with Crippen molar-refractivity contribution in [3.05, 3.63) is 235 Å². The van der Waals surface area contributed by atoms with Crippen molar-refractivity contribution in [2.75, 3.05) is 4.90 Å². The van der Waals surface area contributed by atoms with Gasteiger partial charge in [-0.25, -0.2) is 0 Å². The standard InChI is InChI=1S/C57H43N/c1-57(2)55-15-9-8-14-51(55)39-56(57)48-23-20-44(21-24-48)42-16-18-43(19-17-42)46-28-34-53(35-29-46)58(52-32-26-45(27-33-52)40-10-4-3-5-11-40)54-36-30-47(31-37-54)50-25-22-41-12-6-7-13-49(41)38-50/h3-39H,1-2H3. The number of fused-ring (bicyclic) bond motifs is 2. The molecule has 0 saturated carbocycles. The lowest BCUT2D eigenvalue weighted by Crippen LogP contribution is -2.16. The molecule has 1 nitrogen and oxygen atoms in total. The molecule has 9 aromatic rings. The van der Waals surface area contributed by atoms with E-state index in [1.807, 2.05) is 0 Å². The molecule has 10 rings (SSSR count). The van der Waals surface area contributed by atoms with Crippen LogP contribution in [-0.4, -0.2) is 0 Å². The zero-order valence-corrected chi connectivity index (χ0v) is 32.8. The van der Waals surface area contributed by atoms with Gasteiger partial charge in [-0.2, -0.15) is 0 Å². The summed E-state index contributed by atoms with van der Waals surface area (Å²) in [5.41, 5.74) is 18.3. The van der Waals surface area contributed by atoms with Gasteiger partial charge in [0.2, 0.25) is 0 Å².